The van der Waals surface area contributed by atoms with Gasteiger partial charge in [0.2, 0.25) is 15.9 Å². The predicted octanol–water partition coefficient (Wildman–Crippen LogP) is 1.81. The van der Waals surface area contributed by atoms with Gasteiger partial charge in [0.1, 0.15) is 0 Å². The highest BCUT2D eigenvalue weighted by Gasteiger charge is 2.57. The first-order valence-electron chi connectivity index (χ1n) is 6.99. The van der Waals surface area contributed by atoms with E-state index < -0.39 is 14.8 Å². The zero-order chi connectivity index (χ0) is 13.0. The molecule has 4 nitrogen and oxygen atoms in total. The molecule has 0 saturated heterocycles. The molecule has 0 heterocycles. The van der Waals surface area contributed by atoms with E-state index in [1.54, 1.807) is 6.92 Å². The highest BCUT2D eigenvalue weighted by atomic mass is 32.2. The molecular formula is C13H21NO3S. The molecule has 0 aromatic carbocycles. The van der Waals surface area contributed by atoms with Crippen LogP contribution in [0.25, 0.3) is 0 Å². The van der Waals surface area contributed by atoms with Crippen molar-refractivity contribution >= 4 is 15.9 Å². The van der Waals surface area contributed by atoms with E-state index >= 15 is 0 Å². The Balaban J connectivity index is 1.89. The lowest BCUT2D eigenvalue weighted by molar-refractivity contribution is -0.119. The fraction of sp³-hybridized carbons (Fsp3) is 0.923. The molecule has 4 aliphatic rings. The van der Waals surface area contributed by atoms with E-state index in [1.165, 1.54) is 19.3 Å². The van der Waals surface area contributed by atoms with E-state index in [0.717, 1.165) is 19.3 Å². The third-order valence-electron chi connectivity index (χ3n) is 5.12. The van der Waals surface area contributed by atoms with Gasteiger partial charge in [0.25, 0.3) is 0 Å². The van der Waals surface area contributed by atoms with Crippen LogP contribution in [0.5, 0.6) is 0 Å². The normalized spacial score (nSPS) is 41.9. The van der Waals surface area contributed by atoms with Gasteiger partial charge in [-0.2, -0.15) is 0 Å². The summed E-state index contributed by atoms with van der Waals surface area (Å²) in [6.07, 6.45) is 6.15. The van der Waals surface area contributed by atoms with Crippen molar-refractivity contribution in [1.29, 1.82) is 0 Å². The number of rotatable bonds is 3. The molecule has 0 aromatic heterocycles. The lowest BCUT2D eigenvalue weighted by atomic mass is 9.56. The standard InChI is InChI=1S/C13H21NO3S/c1-2-12(15)14-18(16,17)13-6-9-3-10(7-13)5-11(4-9)8-13/h9-11H,2-8H2,1H3,(H,14,15). The molecule has 4 saturated carbocycles. The van der Waals surface area contributed by atoms with Gasteiger partial charge in [0.05, 0.1) is 4.75 Å². The molecule has 1 amide bonds. The van der Waals surface area contributed by atoms with Crippen LogP contribution in [0, 0.1) is 17.8 Å². The van der Waals surface area contributed by atoms with Crippen molar-refractivity contribution in [1.82, 2.24) is 4.72 Å². The highest BCUT2D eigenvalue weighted by Crippen LogP contribution is 2.58. The van der Waals surface area contributed by atoms with Crippen LogP contribution in [0.4, 0.5) is 0 Å². The first-order valence-corrected chi connectivity index (χ1v) is 8.47. The van der Waals surface area contributed by atoms with Crippen molar-refractivity contribution in [2.45, 2.75) is 56.6 Å². The molecular weight excluding hydrogens is 250 g/mol. The molecule has 4 bridgehead atoms. The van der Waals surface area contributed by atoms with E-state index in [4.69, 9.17) is 0 Å². The summed E-state index contributed by atoms with van der Waals surface area (Å²) in [5.41, 5.74) is 0. The van der Waals surface area contributed by atoms with Crippen molar-refractivity contribution in [2.24, 2.45) is 17.8 Å². The van der Waals surface area contributed by atoms with Gasteiger partial charge < -0.3 is 0 Å². The van der Waals surface area contributed by atoms with Crippen LogP contribution in [-0.2, 0) is 14.8 Å². The summed E-state index contributed by atoms with van der Waals surface area (Å²) >= 11 is 0. The molecule has 4 fully saturated rings. The van der Waals surface area contributed by atoms with Gasteiger partial charge in [-0.3, -0.25) is 9.52 Å². The van der Waals surface area contributed by atoms with Crippen molar-refractivity contribution in [3.8, 4) is 0 Å². The molecule has 0 radical (unpaired) electrons. The first-order chi connectivity index (χ1) is 8.44. The van der Waals surface area contributed by atoms with Crippen LogP contribution in [0.1, 0.15) is 51.9 Å². The summed E-state index contributed by atoms with van der Waals surface area (Å²) in [6, 6.07) is 0. The van der Waals surface area contributed by atoms with Crippen LogP contribution in [0.15, 0.2) is 0 Å². The number of hydrogen-bond donors (Lipinski definition) is 1. The maximum atomic E-state index is 12.5. The largest absolute Gasteiger partial charge is 0.274 e. The maximum Gasteiger partial charge on any atom is 0.240 e. The smallest absolute Gasteiger partial charge is 0.240 e. The number of hydrogen-bond acceptors (Lipinski definition) is 3. The Morgan fingerprint density at radius 3 is 1.94 bits per heavy atom. The summed E-state index contributed by atoms with van der Waals surface area (Å²) in [5, 5.41) is 0. The van der Waals surface area contributed by atoms with Gasteiger partial charge in [-0.25, -0.2) is 8.42 Å². The van der Waals surface area contributed by atoms with Crippen molar-refractivity contribution < 1.29 is 13.2 Å². The molecule has 5 heteroatoms. The molecule has 0 aliphatic heterocycles. The number of nitrogens with one attached hydrogen (secondary N) is 1. The van der Waals surface area contributed by atoms with E-state index in [9.17, 15) is 13.2 Å². The average Bonchev–Trinajstić information content (AvgIpc) is 2.26. The van der Waals surface area contributed by atoms with E-state index in [-0.39, 0.29) is 12.3 Å². The number of carbonyl (C=O) groups is 1. The lowest BCUT2D eigenvalue weighted by Gasteiger charge is -2.55. The van der Waals surface area contributed by atoms with Gasteiger partial charge in [-0.05, 0) is 56.3 Å². The highest BCUT2D eigenvalue weighted by molar-refractivity contribution is 7.91. The fourth-order valence-corrected chi connectivity index (χ4v) is 6.72. The fourth-order valence-electron chi connectivity index (χ4n) is 4.69. The lowest BCUT2D eigenvalue weighted by Crippen LogP contribution is -2.58. The van der Waals surface area contributed by atoms with Crippen molar-refractivity contribution in [2.75, 3.05) is 0 Å². The van der Waals surface area contributed by atoms with Gasteiger partial charge in [0.15, 0.2) is 0 Å². The molecule has 0 unspecified atom stereocenters. The van der Waals surface area contributed by atoms with Crippen LogP contribution in [-0.4, -0.2) is 19.1 Å². The van der Waals surface area contributed by atoms with Gasteiger partial charge in [-0.15, -0.1) is 0 Å². The second-order valence-corrected chi connectivity index (χ2v) is 8.56. The molecule has 0 atom stereocenters. The number of amides is 1. The molecule has 4 aliphatic carbocycles. The molecule has 102 valence electrons. The summed E-state index contributed by atoms with van der Waals surface area (Å²) in [5.74, 6) is 1.35. The second kappa shape index (κ2) is 3.95. The zero-order valence-electron chi connectivity index (χ0n) is 10.8. The van der Waals surface area contributed by atoms with Crippen LogP contribution in [0.2, 0.25) is 0 Å². The Bertz CT molecular complexity index is 433. The van der Waals surface area contributed by atoms with E-state index in [2.05, 4.69) is 4.72 Å². The topological polar surface area (TPSA) is 63.2 Å². The summed E-state index contributed by atoms with van der Waals surface area (Å²) < 4.78 is 26.7. The Morgan fingerprint density at radius 2 is 1.56 bits per heavy atom. The number of carbonyl (C=O) groups excluding carboxylic acids is 1. The average molecular weight is 271 g/mol. The van der Waals surface area contributed by atoms with E-state index in [1.807, 2.05) is 0 Å². The van der Waals surface area contributed by atoms with Crippen molar-refractivity contribution in [3.05, 3.63) is 0 Å². The Labute approximate surface area is 109 Å². The second-order valence-electron chi connectivity index (χ2n) is 6.48. The van der Waals surface area contributed by atoms with Gasteiger partial charge in [0, 0.05) is 6.42 Å². The van der Waals surface area contributed by atoms with Crippen LogP contribution >= 0.6 is 0 Å². The molecule has 18 heavy (non-hydrogen) atoms. The molecule has 0 spiro atoms. The number of sulfonamides is 1. The third kappa shape index (κ3) is 1.78. The summed E-state index contributed by atoms with van der Waals surface area (Å²) in [6.45, 7) is 1.69. The zero-order valence-corrected chi connectivity index (χ0v) is 11.6. The SMILES string of the molecule is CCC(=O)NS(=O)(=O)C12CC3CC(CC(C3)C1)C2. The quantitative estimate of drug-likeness (QED) is 0.851. The first kappa shape index (κ1) is 12.5. The molecule has 4 rings (SSSR count). The summed E-state index contributed by atoms with van der Waals surface area (Å²) in [4.78, 5) is 11.4. The third-order valence-corrected chi connectivity index (χ3v) is 7.26. The van der Waals surface area contributed by atoms with Gasteiger partial charge >= 0.3 is 0 Å². The van der Waals surface area contributed by atoms with Crippen LogP contribution in [0.3, 0.4) is 0 Å². The monoisotopic (exact) mass is 271 g/mol. The summed E-state index contributed by atoms with van der Waals surface area (Å²) in [7, 11) is -3.49. The van der Waals surface area contributed by atoms with E-state index in [0.29, 0.717) is 17.8 Å². The van der Waals surface area contributed by atoms with Crippen LogP contribution < -0.4 is 4.72 Å². The van der Waals surface area contributed by atoms with Crippen molar-refractivity contribution in [3.63, 3.8) is 0 Å². The predicted molar refractivity (Wildman–Crippen MR) is 68.3 cm³/mol. The minimum absolute atomic E-state index is 0.228. The Kier molecular flexibility index (Phi) is 2.74. The van der Waals surface area contributed by atoms with Gasteiger partial charge in [-0.1, -0.05) is 6.92 Å². The molecule has 1 N–H and O–H groups in total. The molecule has 0 aromatic rings. The Morgan fingerprint density at radius 1 is 1.11 bits per heavy atom. The minimum Gasteiger partial charge on any atom is -0.274 e. The maximum absolute atomic E-state index is 12.5. The minimum atomic E-state index is -3.49. The Hall–Kier alpha value is -0.580.